The van der Waals surface area contributed by atoms with Crippen LogP contribution < -0.4 is 20.5 Å². The van der Waals surface area contributed by atoms with Gasteiger partial charge in [0.1, 0.15) is 0 Å². The van der Waals surface area contributed by atoms with Crippen LogP contribution in [0.25, 0.3) is 0 Å². The molecule has 0 fully saturated rings. The van der Waals surface area contributed by atoms with Gasteiger partial charge in [-0.3, -0.25) is 4.79 Å². The van der Waals surface area contributed by atoms with Gasteiger partial charge in [0, 0.05) is 0 Å². The second-order valence-corrected chi connectivity index (χ2v) is 5.57. The standard InChI is InChI=1S/C19H24N2O3/c1-13-6-4-5-7-14(13)10-16(21-19(22)12-20)15-8-9-17(23-2)18(11-15)24-3/h4-9,11,16H,10,12,20H2,1-3H3,(H,21,22). The van der Waals surface area contributed by atoms with Crippen LogP contribution in [-0.2, 0) is 11.2 Å². The number of carbonyl (C=O) groups is 1. The lowest BCUT2D eigenvalue weighted by Gasteiger charge is -2.21. The van der Waals surface area contributed by atoms with Gasteiger partial charge in [-0.15, -0.1) is 0 Å². The first kappa shape index (κ1) is 17.8. The number of nitrogens with two attached hydrogens (primary N) is 1. The highest BCUT2D eigenvalue weighted by atomic mass is 16.5. The molecule has 2 rings (SSSR count). The summed E-state index contributed by atoms with van der Waals surface area (Å²) in [5.74, 6) is 1.09. The SMILES string of the molecule is COc1ccc(C(Cc2ccccc2C)NC(=O)CN)cc1OC. The van der Waals surface area contributed by atoms with Gasteiger partial charge >= 0.3 is 0 Å². The summed E-state index contributed by atoms with van der Waals surface area (Å²) in [5.41, 5.74) is 8.77. The first-order valence-corrected chi connectivity index (χ1v) is 7.85. The summed E-state index contributed by atoms with van der Waals surface area (Å²) in [6, 6.07) is 13.6. The highest BCUT2D eigenvalue weighted by molar-refractivity contribution is 5.78. The van der Waals surface area contributed by atoms with E-state index in [9.17, 15) is 4.79 Å². The fraction of sp³-hybridized carbons (Fsp3) is 0.316. The molecule has 128 valence electrons. The summed E-state index contributed by atoms with van der Waals surface area (Å²) in [5, 5.41) is 2.99. The van der Waals surface area contributed by atoms with Crippen molar-refractivity contribution in [3.63, 3.8) is 0 Å². The molecule has 5 heteroatoms. The van der Waals surface area contributed by atoms with Gasteiger partial charge in [0.05, 0.1) is 26.8 Å². The number of amides is 1. The molecule has 0 spiro atoms. The second-order valence-electron chi connectivity index (χ2n) is 5.57. The minimum Gasteiger partial charge on any atom is -0.493 e. The van der Waals surface area contributed by atoms with Crippen LogP contribution >= 0.6 is 0 Å². The Kier molecular flexibility index (Phi) is 6.21. The van der Waals surface area contributed by atoms with Gasteiger partial charge in [-0.1, -0.05) is 30.3 Å². The minimum atomic E-state index is -0.193. The number of rotatable bonds is 7. The monoisotopic (exact) mass is 328 g/mol. The maximum atomic E-state index is 11.9. The Morgan fingerprint density at radius 3 is 2.46 bits per heavy atom. The molecule has 1 unspecified atom stereocenters. The number of hydrogen-bond donors (Lipinski definition) is 2. The summed E-state index contributed by atoms with van der Waals surface area (Å²) in [7, 11) is 3.19. The number of ether oxygens (including phenoxy) is 2. The molecule has 1 amide bonds. The average Bonchev–Trinajstić information content (AvgIpc) is 2.62. The molecule has 0 saturated carbocycles. The van der Waals surface area contributed by atoms with Crippen LogP contribution in [0.5, 0.6) is 11.5 Å². The number of hydrogen-bond acceptors (Lipinski definition) is 4. The molecule has 24 heavy (non-hydrogen) atoms. The Balaban J connectivity index is 2.35. The Labute approximate surface area is 142 Å². The van der Waals surface area contributed by atoms with Gasteiger partial charge in [0.2, 0.25) is 5.91 Å². The number of nitrogens with one attached hydrogen (secondary N) is 1. The third kappa shape index (κ3) is 4.26. The molecule has 2 aromatic rings. The second kappa shape index (κ2) is 8.36. The highest BCUT2D eigenvalue weighted by Crippen LogP contribution is 2.31. The van der Waals surface area contributed by atoms with Crippen molar-refractivity contribution in [1.82, 2.24) is 5.32 Å². The Hall–Kier alpha value is -2.53. The Bertz CT molecular complexity index is 701. The van der Waals surface area contributed by atoms with Gasteiger partial charge in [-0.2, -0.15) is 0 Å². The smallest absolute Gasteiger partial charge is 0.234 e. The number of benzene rings is 2. The number of aryl methyl sites for hydroxylation is 1. The molecule has 3 N–H and O–H groups in total. The molecule has 1 atom stereocenters. The third-order valence-electron chi connectivity index (χ3n) is 4.02. The largest absolute Gasteiger partial charge is 0.493 e. The van der Waals surface area contributed by atoms with E-state index in [4.69, 9.17) is 15.2 Å². The van der Waals surface area contributed by atoms with Crippen molar-refractivity contribution in [3.05, 3.63) is 59.2 Å². The lowest BCUT2D eigenvalue weighted by Crippen LogP contribution is -2.34. The van der Waals surface area contributed by atoms with Crippen molar-refractivity contribution in [2.75, 3.05) is 20.8 Å². The van der Waals surface area contributed by atoms with Gasteiger partial charge in [0.15, 0.2) is 11.5 Å². The van der Waals surface area contributed by atoms with Crippen LogP contribution in [0.1, 0.15) is 22.7 Å². The molecular weight excluding hydrogens is 304 g/mol. The van der Waals surface area contributed by atoms with Gasteiger partial charge in [-0.25, -0.2) is 0 Å². The van der Waals surface area contributed by atoms with Crippen LogP contribution in [0.3, 0.4) is 0 Å². The van der Waals surface area contributed by atoms with Crippen LogP contribution in [0.2, 0.25) is 0 Å². The summed E-state index contributed by atoms with van der Waals surface area (Å²) >= 11 is 0. The molecular formula is C19H24N2O3. The van der Waals surface area contributed by atoms with Crippen LogP contribution in [0, 0.1) is 6.92 Å². The molecule has 0 radical (unpaired) electrons. The molecule has 0 bridgehead atoms. The van der Waals surface area contributed by atoms with E-state index in [0.717, 1.165) is 5.56 Å². The van der Waals surface area contributed by atoms with Gasteiger partial charge in [0.25, 0.3) is 0 Å². The van der Waals surface area contributed by atoms with E-state index in [2.05, 4.69) is 24.4 Å². The lowest BCUT2D eigenvalue weighted by molar-refractivity contribution is -0.120. The predicted molar refractivity (Wildman–Crippen MR) is 94.4 cm³/mol. The zero-order chi connectivity index (χ0) is 17.5. The van der Waals surface area contributed by atoms with Crippen LogP contribution in [0.15, 0.2) is 42.5 Å². The van der Waals surface area contributed by atoms with E-state index in [1.165, 1.54) is 11.1 Å². The zero-order valence-electron chi connectivity index (χ0n) is 14.3. The molecule has 0 aliphatic carbocycles. The zero-order valence-corrected chi connectivity index (χ0v) is 14.3. The molecule has 5 nitrogen and oxygen atoms in total. The van der Waals surface area contributed by atoms with Crippen LogP contribution in [-0.4, -0.2) is 26.7 Å². The van der Waals surface area contributed by atoms with Crippen molar-refractivity contribution in [3.8, 4) is 11.5 Å². The topological polar surface area (TPSA) is 73.6 Å². The van der Waals surface area contributed by atoms with Crippen molar-refractivity contribution in [2.24, 2.45) is 5.73 Å². The fourth-order valence-corrected chi connectivity index (χ4v) is 2.63. The maximum Gasteiger partial charge on any atom is 0.234 e. The Morgan fingerprint density at radius 2 is 1.83 bits per heavy atom. The molecule has 0 saturated heterocycles. The lowest BCUT2D eigenvalue weighted by atomic mass is 9.95. The molecule has 0 aromatic heterocycles. The van der Waals surface area contributed by atoms with Crippen molar-refractivity contribution < 1.29 is 14.3 Å². The first-order valence-electron chi connectivity index (χ1n) is 7.85. The predicted octanol–water partition coefficient (Wildman–Crippen LogP) is 2.37. The van der Waals surface area contributed by atoms with E-state index in [1.807, 2.05) is 30.3 Å². The normalized spacial score (nSPS) is 11.7. The van der Waals surface area contributed by atoms with Crippen molar-refractivity contribution >= 4 is 5.91 Å². The fourth-order valence-electron chi connectivity index (χ4n) is 2.63. The summed E-state index contributed by atoms with van der Waals surface area (Å²) in [6.45, 7) is 2.02. The van der Waals surface area contributed by atoms with Gasteiger partial charge in [-0.05, 0) is 42.2 Å². The number of carbonyl (C=O) groups excluding carboxylic acids is 1. The van der Waals surface area contributed by atoms with Crippen molar-refractivity contribution in [2.45, 2.75) is 19.4 Å². The highest BCUT2D eigenvalue weighted by Gasteiger charge is 2.17. The maximum absolute atomic E-state index is 11.9. The summed E-state index contributed by atoms with van der Waals surface area (Å²) in [6.07, 6.45) is 0.675. The quantitative estimate of drug-likeness (QED) is 0.818. The van der Waals surface area contributed by atoms with E-state index in [1.54, 1.807) is 14.2 Å². The van der Waals surface area contributed by atoms with E-state index in [-0.39, 0.29) is 18.5 Å². The molecule has 0 heterocycles. The minimum absolute atomic E-state index is 0.0441. The van der Waals surface area contributed by atoms with Gasteiger partial charge < -0.3 is 20.5 Å². The van der Waals surface area contributed by atoms with Crippen molar-refractivity contribution in [1.29, 1.82) is 0 Å². The average molecular weight is 328 g/mol. The summed E-state index contributed by atoms with van der Waals surface area (Å²) < 4.78 is 10.6. The summed E-state index contributed by atoms with van der Waals surface area (Å²) in [4.78, 5) is 11.9. The molecule has 2 aromatic carbocycles. The molecule has 0 aliphatic rings. The Morgan fingerprint density at radius 1 is 1.12 bits per heavy atom. The first-order chi connectivity index (χ1) is 11.6. The third-order valence-corrected chi connectivity index (χ3v) is 4.02. The van der Waals surface area contributed by atoms with E-state index >= 15 is 0 Å². The van der Waals surface area contributed by atoms with Crippen LogP contribution in [0.4, 0.5) is 0 Å². The van der Waals surface area contributed by atoms with E-state index in [0.29, 0.717) is 17.9 Å². The van der Waals surface area contributed by atoms with E-state index < -0.39 is 0 Å². The number of methoxy groups -OCH3 is 2. The molecule has 0 aliphatic heterocycles.